The van der Waals surface area contributed by atoms with E-state index in [0.717, 1.165) is 18.3 Å². The number of ether oxygens (including phenoxy) is 1. The summed E-state index contributed by atoms with van der Waals surface area (Å²) in [4.78, 5) is 27.4. The third-order valence-electron chi connectivity index (χ3n) is 6.50. The predicted octanol–water partition coefficient (Wildman–Crippen LogP) is 5.62. The number of imidazole rings is 1. The van der Waals surface area contributed by atoms with E-state index in [1.807, 2.05) is 0 Å². The number of hydrogen-bond acceptors (Lipinski definition) is 5. The van der Waals surface area contributed by atoms with Gasteiger partial charge in [-0.2, -0.15) is 13.2 Å². The van der Waals surface area contributed by atoms with Gasteiger partial charge in [0.2, 0.25) is 0 Å². The van der Waals surface area contributed by atoms with Gasteiger partial charge in [0.25, 0.3) is 0 Å². The van der Waals surface area contributed by atoms with Crippen LogP contribution in [0.4, 0.5) is 13.2 Å². The average Bonchev–Trinajstić information content (AvgIpc) is 3.06. The number of aliphatic hydroxyl groups is 1. The molecule has 0 saturated heterocycles. The van der Waals surface area contributed by atoms with E-state index in [4.69, 9.17) is 27.9 Å². The first-order chi connectivity index (χ1) is 17.7. The third-order valence-corrected chi connectivity index (χ3v) is 7.03. The lowest BCUT2D eigenvalue weighted by atomic mass is 9.77. The molecule has 2 heterocycles. The molecule has 4 rings (SSSR count). The fourth-order valence-corrected chi connectivity index (χ4v) is 4.82. The quantitative estimate of drug-likeness (QED) is 0.292. The summed E-state index contributed by atoms with van der Waals surface area (Å²) >= 11 is 12.2. The molecule has 2 atom stereocenters. The molecule has 2 N–H and O–H groups in total. The van der Waals surface area contributed by atoms with Crippen LogP contribution in [0.3, 0.4) is 0 Å². The zero-order chi connectivity index (χ0) is 28.2. The fourth-order valence-electron chi connectivity index (χ4n) is 4.34. The highest BCUT2D eigenvalue weighted by atomic mass is 35.5. The minimum absolute atomic E-state index is 0.0203. The first-order valence-electron chi connectivity index (χ1n) is 11.0. The summed E-state index contributed by atoms with van der Waals surface area (Å²) in [7, 11) is 2.91. The lowest BCUT2D eigenvalue weighted by Crippen LogP contribution is -2.46. The van der Waals surface area contributed by atoms with Crippen LogP contribution in [0.1, 0.15) is 34.3 Å². The fraction of sp³-hybridized carbons (Fsp3) is 0.240. The van der Waals surface area contributed by atoms with Crippen LogP contribution in [0.25, 0.3) is 11.0 Å². The first kappa shape index (κ1) is 27.5. The molecule has 38 heavy (non-hydrogen) atoms. The standard InChI is InChI=1S/C25H20Cl2F3N3O5/c1-12(15-6-5-14(9-17(15)26)38-20-10-21(27)31-11-16(20)22(34)35)24(37,25(28,29)30)13-4-7-18-19(8-13)33(3)23(36)32(18)2/h4-12,37H,1-3H3,(H,34,35). The van der Waals surface area contributed by atoms with Crippen LogP contribution in [0.5, 0.6) is 11.5 Å². The summed E-state index contributed by atoms with van der Waals surface area (Å²) in [6, 6.07) is 8.51. The lowest BCUT2D eigenvalue weighted by molar-refractivity contribution is -0.274. The maximum Gasteiger partial charge on any atom is 0.422 e. The number of fused-ring (bicyclic) bond motifs is 1. The smallest absolute Gasteiger partial charge is 0.422 e. The van der Waals surface area contributed by atoms with Crippen LogP contribution in [0.15, 0.2) is 53.5 Å². The van der Waals surface area contributed by atoms with E-state index in [-0.39, 0.29) is 38.3 Å². The Hall–Kier alpha value is -3.54. The molecular weight excluding hydrogens is 550 g/mol. The van der Waals surface area contributed by atoms with Crippen molar-refractivity contribution in [2.45, 2.75) is 24.6 Å². The summed E-state index contributed by atoms with van der Waals surface area (Å²) in [5, 5.41) is 20.4. The second kappa shape index (κ2) is 9.64. The number of pyridine rings is 1. The number of aromatic carboxylic acids is 1. The van der Waals surface area contributed by atoms with Gasteiger partial charge in [0.15, 0.2) is 5.60 Å². The number of carboxylic acids is 1. The Morgan fingerprint density at radius 2 is 1.71 bits per heavy atom. The lowest BCUT2D eigenvalue weighted by Gasteiger charge is -2.37. The Bertz CT molecular complexity index is 1630. The number of hydrogen-bond donors (Lipinski definition) is 2. The predicted molar refractivity (Wildman–Crippen MR) is 134 cm³/mol. The van der Waals surface area contributed by atoms with Crippen LogP contribution in [0, 0.1) is 0 Å². The van der Waals surface area contributed by atoms with E-state index < -0.39 is 34.9 Å². The van der Waals surface area contributed by atoms with Gasteiger partial charge in [-0.15, -0.1) is 0 Å². The van der Waals surface area contributed by atoms with Crippen LogP contribution in [-0.4, -0.2) is 36.5 Å². The van der Waals surface area contributed by atoms with E-state index in [0.29, 0.717) is 5.52 Å². The largest absolute Gasteiger partial charge is 0.477 e. The van der Waals surface area contributed by atoms with Crippen molar-refractivity contribution in [3.05, 3.63) is 86.0 Å². The number of aryl methyl sites for hydroxylation is 2. The van der Waals surface area contributed by atoms with Crippen molar-refractivity contribution < 1.29 is 32.9 Å². The molecule has 2 unspecified atom stereocenters. The highest BCUT2D eigenvalue weighted by molar-refractivity contribution is 6.31. The number of carboxylic acid groups (broad SMARTS) is 1. The second-order valence-corrected chi connectivity index (χ2v) is 9.48. The van der Waals surface area contributed by atoms with Crippen LogP contribution in [-0.2, 0) is 19.7 Å². The van der Waals surface area contributed by atoms with E-state index in [2.05, 4.69) is 4.98 Å². The van der Waals surface area contributed by atoms with E-state index in [9.17, 15) is 33.0 Å². The van der Waals surface area contributed by atoms with Crippen LogP contribution in [0.2, 0.25) is 10.2 Å². The number of halogens is 5. The van der Waals surface area contributed by atoms with Crippen molar-refractivity contribution in [3.8, 4) is 11.5 Å². The molecule has 4 aromatic rings. The Morgan fingerprint density at radius 3 is 2.32 bits per heavy atom. The zero-order valence-electron chi connectivity index (χ0n) is 20.0. The topological polar surface area (TPSA) is 107 Å². The zero-order valence-corrected chi connectivity index (χ0v) is 21.6. The molecule has 0 saturated carbocycles. The van der Waals surface area contributed by atoms with Gasteiger partial charge in [-0.25, -0.2) is 14.6 Å². The Labute approximate surface area is 223 Å². The minimum Gasteiger partial charge on any atom is -0.477 e. The Kier molecular flexibility index (Phi) is 6.98. The Morgan fingerprint density at radius 1 is 1.05 bits per heavy atom. The second-order valence-electron chi connectivity index (χ2n) is 8.68. The monoisotopic (exact) mass is 569 g/mol. The van der Waals surface area contributed by atoms with Crippen molar-refractivity contribution in [2.75, 3.05) is 0 Å². The molecule has 0 fully saturated rings. The molecule has 13 heteroatoms. The molecule has 0 aliphatic rings. The van der Waals surface area contributed by atoms with Gasteiger partial charge in [-0.05, 0) is 35.4 Å². The molecule has 2 aromatic carbocycles. The molecule has 2 aromatic heterocycles. The van der Waals surface area contributed by atoms with Crippen molar-refractivity contribution in [2.24, 2.45) is 14.1 Å². The van der Waals surface area contributed by atoms with Gasteiger partial charge in [0.05, 0.1) is 11.0 Å². The molecule has 0 aliphatic carbocycles. The van der Waals surface area contributed by atoms with E-state index in [1.165, 1.54) is 60.5 Å². The molecule has 0 bridgehead atoms. The maximum atomic E-state index is 14.5. The summed E-state index contributed by atoms with van der Waals surface area (Å²) in [6.07, 6.45) is -4.13. The van der Waals surface area contributed by atoms with Gasteiger partial charge < -0.3 is 14.9 Å². The number of benzene rings is 2. The van der Waals surface area contributed by atoms with Crippen LogP contribution >= 0.6 is 23.2 Å². The van der Waals surface area contributed by atoms with Gasteiger partial charge in [0.1, 0.15) is 22.2 Å². The summed E-state index contributed by atoms with van der Waals surface area (Å²) < 4.78 is 51.6. The van der Waals surface area contributed by atoms with Gasteiger partial charge in [0, 0.05) is 37.3 Å². The summed E-state index contributed by atoms with van der Waals surface area (Å²) in [5.41, 5.74) is -4.01. The maximum absolute atomic E-state index is 14.5. The minimum atomic E-state index is -5.13. The van der Waals surface area contributed by atoms with E-state index >= 15 is 0 Å². The van der Waals surface area contributed by atoms with Crippen molar-refractivity contribution in [1.82, 2.24) is 14.1 Å². The molecule has 200 valence electrons. The van der Waals surface area contributed by atoms with Crippen LogP contribution < -0.4 is 10.4 Å². The highest BCUT2D eigenvalue weighted by Crippen LogP contribution is 2.50. The van der Waals surface area contributed by atoms with Gasteiger partial charge >= 0.3 is 17.8 Å². The van der Waals surface area contributed by atoms with Crippen molar-refractivity contribution in [1.29, 1.82) is 0 Å². The van der Waals surface area contributed by atoms with Crippen molar-refractivity contribution in [3.63, 3.8) is 0 Å². The molecule has 0 spiro atoms. The van der Waals surface area contributed by atoms with E-state index in [1.54, 1.807) is 0 Å². The number of aromatic nitrogens is 3. The molecule has 0 radical (unpaired) electrons. The molecule has 0 aliphatic heterocycles. The molecular formula is C25H20Cl2F3N3O5. The van der Waals surface area contributed by atoms with Crippen molar-refractivity contribution >= 4 is 40.2 Å². The first-order valence-corrected chi connectivity index (χ1v) is 11.7. The Balaban J connectivity index is 1.77. The SMILES string of the molecule is CC(c1ccc(Oc2cc(Cl)ncc2C(=O)O)cc1Cl)C(O)(c1ccc2c(c1)n(C)c(=O)n2C)C(F)(F)F. The number of nitrogens with zero attached hydrogens (tertiary/aromatic N) is 3. The van der Waals surface area contributed by atoms with Gasteiger partial charge in [-0.1, -0.05) is 42.3 Å². The summed E-state index contributed by atoms with van der Waals surface area (Å²) in [6.45, 7) is 1.18. The van der Waals surface area contributed by atoms with Gasteiger partial charge in [-0.3, -0.25) is 9.13 Å². The number of rotatable bonds is 6. The molecule has 8 nitrogen and oxygen atoms in total. The molecule has 0 amide bonds. The third kappa shape index (κ3) is 4.50. The number of carbonyl (C=O) groups is 1. The average molecular weight is 570 g/mol. The number of alkyl halides is 3. The highest BCUT2D eigenvalue weighted by Gasteiger charge is 2.59. The summed E-state index contributed by atoms with van der Waals surface area (Å²) in [5.74, 6) is -3.06. The normalized spacial score (nSPS) is 14.3.